The lowest BCUT2D eigenvalue weighted by atomic mass is 9.82. The van der Waals surface area contributed by atoms with E-state index in [9.17, 15) is 4.79 Å². The van der Waals surface area contributed by atoms with Crippen LogP contribution in [0.3, 0.4) is 0 Å². The van der Waals surface area contributed by atoms with Crippen LogP contribution in [0.2, 0.25) is 0 Å². The second-order valence-electron chi connectivity index (χ2n) is 4.46. The molecular formula is C12H20O3. The quantitative estimate of drug-likeness (QED) is 0.572. The molecule has 1 aliphatic carbocycles. The Bertz CT molecular complexity index is 235. The molecule has 0 saturated heterocycles. The second-order valence-corrected chi connectivity index (χ2v) is 4.46. The number of hydrogen-bond donors (Lipinski definition) is 1. The van der Waals surface area contributed by atoms with Crippen LogP contribution in [0, 0.1) is 11.8 Å². The molecule has 2 unspecified atom stereocenters. The maximum absolute atomic E-state index is 11.2. The summed E-state index contributed by atoms with van der Waals surface area (Å²) in [5.74, 6) is 0.507. The van der Waals surface area contributed by atoms with Crippen molar-refractivity contribution in [3.05, 3.63) is 12.2 Å². The van der Waals surface area contributed by atoms with Gasteiger partial charge in [-0.05, 0) is 38.0 Å². The van der Waals surface area contributed by atoms with E-state index in [0.29, 0.717) is 24.0 Å². The molecule has 15 heavy (non-hydrogen) atoms. The fourth-order valence-electron chi connectivity index (χ4n) is 2.04. The van der Waals surface area contributed by atoms with Gasteiger partial charge in [0, 0.05) is 12.2 Å². The minimum absolute atomic E-state index is 0.255. The molecule has 1 saturated carbocycles. The third-order valence-electron chi connectivity index (χ3n) is 2.95. The summed E-state index contributed by atoms with van der Waals surface area (Å²) in [5, 5.41) is 9.05. The molecule has 0 radical (unpaired) electrons. The lowest BCUT2D eigenvalue weighted by molar-refractivity contribution is -0.140. The topological polar surface area (TPSA) is 46.5 Å². The Balaban J connectivity index is 2.26. The molecule has 1 N–H and O–H groups in total. The van der Waals surface area contributed by atoms with E-state index in [1.165, 1.54) is 0 Å². The normalized spacial score (nSPS) is 26.0. The summed E-state index contributed by atoms with van der Waals surface area (Å²) < 4.78 is 5.12. The number of carbonyl (C=O) groups is 1. The molecule has 0 aromatic carbocycles. The van der Waals surface area contributed by atoms with E-state index in [-0.39, 0.29) is 12.6 Å². The van der Waals surface area contributed by atoms with Crippen molar-refractivity contribution in [1.82, 2.24) is 0 Å². The molecule has 86 valence electrons. The highest BCUT2D eigenvalue weighted by molar-refractivity contribution is 5.86. The molecule has 3 nitrogen and oxygen atoms in total. The Morgan fingerprint density at radius 2 is 2.13 bits per heavy atom. The van der Waals surface area contributed by atoms with E-state index in [2.05, 4.69) is 6.58 Å². The van der Waals surface area contributed by atoms with Gasteiger partial charge < -0.3 is 9.84 Å². The first kappa shape index (κ1) is 12.2. The average Bonchev–Trinajstić information content (AvgIpc) is 2.26. The van der Waals surface area contributed by atoms with Crippen LogP contribution in [0.25, 0.3) is 0 Å². The van der Waals surface area contributed by atoms with Gasteiger partial charge in [-0.1, -0.05) is 13.0 Å². The van der Waals surface area contributed by atoms with Gasteiger partial charge in [0.2, 0.25) is 0 Å². The summed E-state index contributed by atoms with van der Waals surface area (Å²) in [6, 6.07) is 0. The number of rotatable bonds is 4. The van der Waals surface area contributed by atoms with Crippen LogP contribution >= 0.6 is 0 Å². The lowest BCUT2D eigenvalue weighted by Gasteiger charge is -2.27. The van der Waals surface area contributed by atoms with Gasteiger partial charge in [0.15, 0.2) is 0 Å². The highest BCUT2D eigenvalue weighted by atomic mass is 16.5. The molecule has 1 rings (SSSR count). The molecule has 0 spiro atoms. The maximum Gasteiger partial charge on any atom is 0.333 e. The van der Waals surface area contributed by atoms with E-state index in [4.69, 9.17) is 9.84 Å². The van der Waals surface area contributed by atoms with Crippen molar-refractivity contribution >= 4 is 5.97 Å². The van der Waals surface area contributed by atoms with Crippen LogP contribution in [-0.2, 0) is 9.53 Å². The molecule has 1 fully saturated rings. The third-order valence-corrected chi connectivity index (χ3v) is 2.95. The molecular weight excluding hydrogens is 192 g/mol. The van der Waals surface area contributed by atoms with Gasteiger partial charge in [-0.3, -0.25) is 0 Å². The summed E-state index contributed by atoms with van der Waals surface area (Å²) in [6.07, 6.45) is 4.29. The Morgan fingerprint density at radius 1 is 1.47 bits per heavy atom. The predicted molar refractivity (Wildman–Crippen MR) is 58.3 cm³/mol. The number of esters is 1. The SMILES string of the molecule is C=C(C)C(=O)OCC1CCCC(CO)C1. The van der Waals surface area contributed by atoms with Crippen molar-refractivity contribution in [2.75, 3.05) is 13.2 Å². The monoisotopic (exact) mass is 212 g/mol. The summed E-state index contributed by atoms with van der Waals surface area (Å²) in [4.78, 5) is 11.2. The molecule has 0 bridgehead atoms. The molecule has 0 aromatic rings. The van der Waals surface area contributed by atoms with Crippen LogP contribution in [0.4, 0.5) is 0 Å². The van der Waals surface area contributed by atoms with E-state index in [1.54, 1.807) is 6.92 Å². The molecule has 0 heterocycles. The minimum Gasteiger partial charge on any atom is -0.462 e. The summed E-state index contributed by atoms with van der Waals surface area (Å²) in [5.41, 5.74) is 0.449. The Hall–Kier alpha value is -0.830. The van der Waals surface area contributed by atoms with Gasteiger partial charge >= 0.3 is 5.97 Å². The Kier molecular flexibility index (Phi) is 4.82. The predicted octanol–water partition coefficient (Wildman–Crippen LogP) is 1.90. The fourth-order valence-corrected chi connectivity index (χ4v) is 2.04. The van der Waals surface area contributed by atoms with Crippen molar-refractivity contribution < 1.29 is 14.6 Å². The number of aliphatic hydroxyl groups excluding tert-OH is 1. The van der Waals surface area contributed by atoms with Crippen molar-refractivity contribution in [1.29, 1.82) is 0 Å². The number of carbonyl (C=O) groups excluding carboxylic acids is 1. The summed E-state index contributed by atoms with van der Waals surface area (Å²) in [7, 11) is 0. The van der Waals surface area contributed by atoms with E-state index in [0.717, 1.165) is 25.7 Å². The van der Waals surface area contributed by atoms with E-state index in [1.807, 2.05) is 0 Å². The standard InChI is InChI=1S/C12H20O3/c1-9(2)12(14)15-8-11-5-3-4-10(6-11)7-13/h10-11,13H,1,3-8H2,2H3. The van der Waals surface area contributed by atoms with Gasteiger partial charge in [-0.25, -0.2) is 4.79 Å². The summed E-state index contributed by atoms with van der Waals surface area (Å²) in [6.45, 7) is 5.92. The first-order valence-electron chi connectivity index (χ1n) is 5.57. The fraction of sp³-hybridized carbons (Fsp3) is 0.750. The Morgan fingerprint density at radius 3 is 2.73 bits per heavy atom. The number of ether oxygens (including phenoxy) is 1. The van der Waals surface area contributed by atoms with Gasteiger partial charge in [-0.15, -0.1) is 0 Å². The molecule has 0 aliphatic heterocycles. The summed E-state index contributed by atoms with van der Waals surface area (Å²) >= 11 is 0. The number of aliphatic hydroxyl groups is 1. The second kappa shape index (κ2) is 5.91. The highest BCUT2D eigenvalue weighted by Gasteiger charge is 2.22. The highest BCUT2D eigenvalue weighted by Crippen LogP contribution is 2.28. The number of hydrogen-bond acceptors (Lipinski definition) is 3. The smallest absolute Gasteiger partial charge is 0.333 e. The molecule has 0 amide bonds. The van der Waals surface area contributed by atoms with Crippen molar-refractivity contribution in [2.24, 2.45) is 11.8 Å². The van der Waals surface area contributed by atoms with Gasteiger partial charge in [0.1, 0.15) is 0 Å². The largest absolute Gasteiger partial charge is 0.462 e. The van der Waals surface area contributed by atoms with Crippen molar-refractivity contribution in [3.8, 4) is 0 Å². The van der Waals surface area contributed by atoms with Gasteiger partial charge in [0.05, 0.1) is 6.61 Å². The van der Waals surface area contributed by atoms with Crippen LogP contribution in [0.5, 0.6) is 0 Å². The zero-order valence-corrected chi connectivity index (χ0v) is 9.37. The molecule has 0 aromatic heterocycles. The van der Waals surface area contributed by atoms with Gasteiger partial charge in [-0.2, -0.15) is 0 Å². The molecule has 1 aliphatic rings. The maximum atomic E-state index is 11.2. The first-order chi connectivity index (χ1) is 7.13. The van der Waals surface area contributed by atoms with Crippen LogP contribution in [0.15, 0.2) is 12.2 Å². The van der Waals surface area contributed by atoms with Gasteiger partial charge in [0.25, 0.3) is 0 Å². The minimum atomic E-state index is -0.305. The van der Waals surface area contributed by atoms with Crippen LogP contribution in [0.1, 0.15) is 32.6 Å². The molecule has 3 heteroatoms. The first-order valence-corrected chi connectivity index (χ1v) is 5.57. The zero-order chi connectivity index (χ0) is 11.3. The van der Waals surface area contributed by atoms with Crippen molar-refractivity contribution in [3.63, 3.8) is 0 Å². The lowest BCUT2D eigenvalue weighted by Crippen LogP contribution is -2.23. The van der Waals surface area contributed by atoms with Crippen LogP contribution in [-0.4, -0.2) is 24.3 Å². The average molecular weight is 212 g/mol. The van der Waals surface area contributed by atoms with E-state index < -0.39 is 0 Å². The van der Waals surface area contributed by atoms with Crippen LogP contribution < -0.4 is 0 Å². The molecule has 2 atom stereocenters. The Labute approximate surface area is 91.1 Å². The zero-order valence-electron chi connectivity index (χ0n) is 9.37. The van der Waals surface area contributed by atoms with E-state index >= 15 is 0 Å². The third kappa shape index (κ3) is 4.04. The van der Waals surface area contributed by atoms with Crippen molar-refractivity contribution in [2.45, 2.75) is 32.6 Å².